The molecule has 1 saturated heterocycles. The van der Waals surface area contributed by atoms with E-state index in [1.165, 1.54) is 11.3 Å². The largest absolute Gasteiger partial charge is 0.444 e. The third kappa shape index (κ3) is 5.19. The summed E-state index contributed by atoms with van der Waals surface area (Å²) in [6.45, 7) is 6.97. The normalized spacial score (nSPS) is 17.9. The number of alkyl carbamates (subject to hydrolysis) is 1. The number of nitrogens with one attached hydrogen (secondary N) is 1. The summed E-state index contributed by atoms with van der Waals surface area (Å²) in [6.07, 6.45) is 0.276. The molecule has 0 aromatic carbocycles. The SMILES string of the molecule is COCc1cc(Br)sc1C(=O)N1CC[C@H](NC(=O)OC(C)(C)C)C1. The second kappa shape index (κ2) is 7.84. The standard InChI is InChI=1S/C16H23BrN2O4S/c1-16(2,3)23-15(21)18-11-5-6-19(8-11)14(20)13-10(9-22-4)7-12(17)24-13/h7,11H,5-6,8-9H2,1-4H3,(H,18,21)/t11-/m0/s1. The van der Waals surface area contributed by atoms with Crippen molar-refractivity contribution in [2.24, 2.45) is 0 Å². The van der Waals surface area contributed by atoms with E-state index in [-0.39, 0.29) is 11.9 Å². The molecular weight excluding hydrogens is 396 g/mol. The molecule has 24 heavy (non-hydrogen) atoms. The van der Waals surface area contributed by atoms with Crippen molar-refractivity contribution >= 4 is 39.3 Å². The molecule has 1 aromatic heterocycles. The third-order valence-electron chi connectivity index (χ3n) is 3.47. The Hall–Kier alpha value is -1.12. The second-order valence-electron chi connectivity index (χ2n) is 6.72. The van der Waals surface area contributed by atoms with Gasteiger partial charge in [0.1, 0.15) is 5.60 Å². The minimum atomic E-state index is -0.531. The number of methoxy groups -OCH3 is 1. The Balaban J connectivity index is 1.95. The maximum Gasteiger partial charge on any atom is 0.407 e. The van der Waals surface area contributed by atoms with Crippen LogP contribution in [-0.4, -0.2) is 48.7 Å². The van der Waals surface area contributed by atoms with E-state index in [1.807, 2.05) is 26.8 Å². The Morgan fingerprint density at radius 1 is 1.46 bits per heavy atom. The summed E-state index contributed by atoms with van der Waals surface area (Å²) < 4.78 is 11.3. The average Bonchev–Trinajstić information content (AvgIpc) is 3.03. The molecule has 2 amide bonds. The number of amides is 2. The van der Waals surface area contributed by atoms with Gasteiger partial charge in [-0.05, 0) is 49.2 Å². The van der Waals surface area contributed by atoms with Crippen molar-refractivity contribution in [3.05, 3.63) is 20.3 Å². The highest BCUT2D eigenvalue weighted by atomic mass is 79.9. The molecule has 1 fully saturated rings. The zero-order valence-electron chi connectivity index (χ0n) is 14.3. The fourth-order valence-electron chi connectivity index (χ4n) is 2.52. The number of hydrogen-bond acceptors (Lipinski definition) is 5. The van der Waals surface area contributed by atoms with Gasteiger partial charge in [0.15, 0.2) is 0 Å². The van der Waals surface area contributed by atoms with Gasteiger partial charge in [-0.15, -0.1) is 11.3 Å². The Kier molecular flexibility index (Phi) is 6.28. The Morgan fingerprint density at radius 3 is 2.79 bits per heavy atom. The maximum absolute atomic E-state index is 12.7. The number of halogens is 1. The number of thiophene rings is 1. The molecule has 0 bridgehead atoms. The number of hydrogen-bond donors (Lipinski definition) is 1. The average molecular weight is 419 g/mol. The number of rotatable bonds is 4. The van der Waals surface area contributed by atoms with Crippen LogP contribution >= 0.6 is 27.3 Å². The van der Waals surface area contributed by atoms with Crippen molar-refractivity contribution in [3.63, 3.8) is 0 Å². The Morgan fingerprint density at radius 2 is 2.17 bits per heavy atom. The van der Waals surface area contributed by atoms with Gasteiger partial charge in [-0.1, -0.05) is 0 Å². The first-order valence-corrected chi connectivity index (χ1v) is 9.36. The van der Waals surface area contributed by atoms with Crippen LogP contribution in [0.4, 0.5) is 4.79 Å². The van der Waals surface area contributed by atoms with Gasteiger partial charge in [-0.3, -0.25) is 4.79 Å². The monoisotopic (exact) mass is 418 g/mol. The van der Waals surface area contributed by atoms with E-state index >= 15 is 0 Å². The van der Waals surface area contributed by atoms with Crippen molar-refractivity contribution in [1.82, 2.24) is 10.2 Å². The quantitative estimate of drug-likeness (QED) is 0.813. The molecule has 6 nitrogen and oxygen atoms in total. The highest BCUT2D eigenvalue weighted by Gasteiger charge is 2.31. The molecule has 2 heterocycles. The topological polar surface area (TPSA) is 67.9 Å². The fraction of sp³-hybridized carbons (Fsp3) is 0.625. The smallest absolute Gasteiger partial charge is 0.407 e. The highest BCUT2D eigenvalue weighted by Crippen LogP contribution is 2.30. The fourth-order valence-corrected chi connectivity index (χ4v) is 4.14. The zero-order chi connectivity index (χ0) is 17.9. The van der Waals surface area contributed by atoms with Crippen molar-refractivity contribution in [1.29, 1.82) is 0 Å². The van der Waals surface area contributed by atoms with E-state index in [0.717, 1.165) is 15.8 Å². The lowest BCUT2D eigenvalue weighted by Crippen LogP contribution is -2.41. The van der Waals surface area contributed by atoms with E-state index in [1.54, 1.807) is 12.0 Å². The second-order valence-corrected chi connectivity index (χ2v) is 9.15. The summed E-state index contributed by atoms with van der Waals surface area (Å²) in [7, 11) is 1.61. The molecule has 8 heteroatoms. The van der Waals surface area contributed by atoms with Crippen LogP contribution in [0.1, 0.15) is 42.4 Å². The molecule has 1 aromatic rings. The molecule has 1 aliphatic rings. The summed E-state index contributed by atoms with van der Waals surface area (Å²) >= 11 is 4.83. The van der Waals surface area contributed by atoms with Gasteiger partial charge >= 0.3 is 6.09 Å². The van der Waals surface area contributed by atoms with E-state index in [4.69, 9.17) is 9.47 Å². The van der Waals surface area contributed by atoms with Crippen LogP contribution in [0.5, 0.6) is 0 Å². The minimum Gasteiger partial charge on any atom is -0.444 e. The number of nitrogens with zero attached hydrogens (tertiary/aromatic N) is 1. The van der Waals surface area contributed by atoms with Gasteiger partial charge in [0.25, 0.3) is 5.91 Å². The summed E-state index contributed by atoms with van der Waals surface area (Å²) in [6, 6.07) is 1.83. The van der Waals surface area contributed by atoms with Crippen LogP contribution in [0, 0.1) is 0 Å². The van der Waals surface area contributed by atoms with E-state index in [0.29, 0.717) is 24.6 Å². The first kappa shape index (κ1) is 19.2. The van der Waals surface area contributed by atoms with Crippen molar-refractivity contribution in [2.75, 3.05) is 20.2 Å². The van der Waals surface area contributed by atoms with Gasteiger partial charge in [0.2, 0.25) is 0 Å². The lowest BCUT2D eigenvalue weighted by atomic mass is 10.2. The van der Waals surface area contributed by atoms with Crippen LogP contribution in [0.2, 0.25) is 0 Å². The van der Waals surface area contributed by atoms with Gasteiger partial charge < -0.3 is 19.7 Å². The first-order valence-electron chi connectivity index (χ1n) is 7.75. The summed E-state index contributed by atoms with van der Waals surface area (Å²) in [5, 5.41) is 2.83. The van der Waals surface area contributed by atoms with Gasteiger partial charge in [-0.2, -0.15) is 0 Å². The van der Waals surface area contributed by atoms with E-state index in [9.17, 15) is 9.59 Å². The molecule has 1 atom stereocenters. The van der Waals surface area contributed by atoms with Crippen molar-refractivity contribution in [3.8, 4) is 0 Å². The third-order valence-corrected chi connectivity index (χ3v) is 5.14. The van der Waals surface area contributed by atoms with Crippen molar-refractivity contribution in [2.45, 2.75) is 45.4 Å². The van der Waals surface area contributed by atoms with Gasteiger partial charge in [0.05, 0.1) is 21.3 Å². The van der Waals surface area contributed by atoms with Crippen LogP contribution in [0.15, 0.2) is 9.85 Å². The summed E-state index contributed by atoms with van der Waals surface area (Å²) in [5.41, 5.74) is 0.346. The zero-order valence-corrected chi connectivity index (χ0v) is 16.8. The van der Waals surface area contributed by atoms with Gasteiger partial charge in [-0.25, -0.2) is 4.79 Å². The molecule has 0 unspecified atom stereocenters. The highest BCUT2D eigenvalue weighted by molar-refractivity contribution is 9.11. The van der Waals surface area contributed by atoms with Crippen LogP contribution in [0.25, 0.3) is 0 Å². The van der Waals surface area contributed by atoms with Crippen molar-refractivity contribution < 1.29 is 19.1 Å². The molecule has 0 spiro atoms. The van der Waals surface area contributed by atoms with Gasteiger partial charge in [0, 0.05) is 25.8 Å². The molecule has 1 aliphatic heterocycles. The Bertz CT molecular complexity index is 612. The van der Waals surface area contributed by atoms with Crippen LogP contribution in [-0.2, 0) is 16.1 Å². The molecule has 1 N–H and O–H groups in total. The molecular formula is C16H23BrN2O4S. The van der Waals surface area contributed by atoms with E-state index in [2.05, 4.69) is 21.2 Å². The summed E-state index contributed by atoms with van der Waals surface area (Å²) in [5.74, 6) is -0.0220. The molecule has 0 aliphatic carbocycles. The molecule has 2 rings (SSSR count). The maximum atomic E-state index is 12.7. The number of carbonyl (C=O) groups is 2. The number of ether oxygens (including phenoxy) is 2. The predicted molar refractivity (Wildman–Crippen MR) is 96.4 cm³/mol. The van der Waals surface area contributed by atoms with E-state index < -0.39 is 11.7 Å². The lowest BCUT2D eigenvalue weighted by molar-refractivity contribution is 0.0502. The first-order chi connectivity index (χ1) is 11.2. The summed E-state index contributed by atoms with van der Waals surface area (Å²) in [4.78, 5) is 27.0. The molecule has 134 valence electrons. The Labute approximate surface area is 154 Å². The molecule has 0 radical (unpaired) electrons. The van der Waals surface area contributed by atoms with Crippen LogP contribution in [0.3, 0.4) is 0 Å². The van der Waals surface area contributed by atoms with Crippen LogP contribution < -0.4 is 5.32 Å². The minimum absolute atomic E-state index is 0.0220. The number of carbonyl (C=O) groups excluding carboxylic acids is 2. The number of likely N-dealkylation sites (tertiary alicyclic amines) is 1. The lowest BCUT2D eigenvalue weighted by Gasteiger charge is -2.22. The molecule has 0 saturated carbocycles. The predicted octanol–water partition coefficient (Wildman–Crippen LogP) is 3.40.